The molecule has 0 spiro atoms. The van der Waals surface area contributed by atoms with Crippen molar-refractivity contribution in [3.8, 4) is 5.75 Å². The molecule has 0 bridgehead atoms. The van der Waals surface area contributed by atoms with Gasteiger partial charge in [0.25, 0.3) is 0 Å². The van der Waals surface area contributed by atoms with Crippen LogP contribution in [-0.4, -0.2) is 25.7 Å². The fourth-order valence-electron chi connectivity index (χ4n) is 1.30. The number of quaternary nitrogens is 1. The molecule has 1 rings (SSSR count). The summed E-state index contributed by atoms with van der Waals surface area (Å²) in [6, 6.07) is 7.32. The van der Waals surface area contributed by atoms with Crippen LogP contribution in [0.1, 0.15) is 0 Å². The average molecular weight is 258 g/mol. The summed E-state index contributed by atoms with van der Waals surface area (Å²) in [5.41, 5.74) is 1.08. The molecule has 2 nitrogen and oxygen atoms in total. The van der Waals surface area contributed by atoms with Gasteiger partial charge in [-0.3, -0.25) is 4.48 Å². The molecule has 1 aromatic carbocycles. The quantitative estimate of drug-likeness (QED) is 0.553. The van der Waals surface area contributed by atoms with E-state index in [4.69, 9.17) is 0 Å². The van der Waals surface area contributed by atoms with Crippen LogP contribution in [0.15, 0.2) is 36.9 Å². The molecule has 1 aromatic rings. The van der Waals surface area contributed by atoms with E-state index in [0.29, 0.717) is 10.2 Å². The fourth-order valence-corrected chi connectivity index (χ4v) is 1.30. The first-order valence-corrected chi connectivity index (χ1v) is 4.30. The predicted octanol–water partition coefficient (Wildman–Crippen LogP) is -0.851. The summed E-state index contributed by atoms with van der Waals surface area (Å²) in [6.07, 6.45) is 1.88. The van der Waals surface area contributed by atoms with Crippen molar-refractivity contribution in [1.29, 1.82) is 0 Å². The van der Waals surface area contributed by atoms with Crippen LogP contribution >= 0.6 is 0 Å². The van der Waals surface area contributed by atoms with Gasteiger partial charge in [0, 0.05) is 6.07 Å². The fraction of sp³-hybridized carbons (Fsp3) is 0.273. The maximum atomic E-state index is 9.31. The monoisotopic (exact) mass is 257 g/mol. The summed E-state index contributed by atoms with van der Waals surface area (Å²) < 4.78 is 0.706. The third-order valence-electron chi connectivity index (χ3n) is 2.11. The van der Waals surface area contributed by atoms with Crippen molar-refractivity contribution >= 4 is 5.69 Å². The topological polar surface area (TPSA) is 20.2 Å². The van der Waals surface area contributed by atoms with E-state index in [0.717, 1.165) is 12.2 Å². The first kappa shape index (κ1) is 13.2. The Balaban J connectivity index is 0.00000169. The molecule has 78 valence electrons. The van der Waals surface area contributed by atoms with Gasteiger partial charge in [0.15, 0.2) is 0 Å². The zero-order chi connectivity index (χ0) is 9.90. The maximum Gasteiger partial charge on any atom is 0.136 e. The predicted molar refractivity (Wildman–Crippen MR) is 56.8 cm³/mol. The second-order valence-electron chi connectivity index (χ2n) is 3.68. The number of nitrogens with zero attached hydrogens (tertiary/aromatic N) is 1. The minimum absolute atomic E-state index is 0. The summed E-state index contributed by atoms with van der Waals surface area (Å²) in [5, 5.41) is 9.31. The minimum Gasteiger partial charge on any atom is -1.00 e. The second kappa shape index (κ2) is 5.17. The molecule has 0 saturated heterocycles. The molecule has 0 radical (unpaired) electrons. The number of hydrogen-bond acceptors (Lipinski definition) is 1. The lowest BCUT2D eigenvalue weighted by atomic mass is 10.2. The van der Waals surface area contributed by atoms with Crippen LogP contribution in [0.5, 0.6) is 5.75 Å². The molecule has 0 aliphatic heterocycles. The third-order valence-corrected chi connectivity index (χ3v) is 2.11. The van der Waals surface area contributed by atoms with Crippen LogP contribution in [0.25, 0.3) is 0 Å². The normalized spacial score (nSPS) is 10.4. The van der Waals surface area contributed by atoms with Crippen molar-refractivity contribution in [2.45, 2.75) is 0 Å². The van der Waals surface area contributed by atoms with Gasteiger partial charge in [-0.25, -0.2) is 0 Å². The van der Waals surface area contributed by atoms with Crippen molar-refractivity contribution in [3.63, 3.8) is 0 Å². The SMILES string of the molecule is C=CC[N+](C)(C)c1cccc(O)c1.[Br-]. The summed E-state index contributed by atoms with van der Waals surface area (Å²) in [5.74, 6) is 0.313. The molecule has 0 amide bonds. The number of rotatable bonds is 3. The highest BCUT2D eigenvalue weighted by Crippen LogP contribution is 2.22. The first-order valence-electron chi connectivity index (χ1n) is 4.30. The summed E-state index contributed by atoms with van der Waals surface area (Å²) in [7, 11) is 4.16. The van der Waals surface area contributed by atoms with E-state index in [9.17, 15) is 5.11 Å². The summed E-state index contributed by atoms with van der Waals surface area (Å²) in [4.78, 5) is 0. The molecule has 0 aliphatic carbocycles. The van der Waals surface area contributed by atoms with E-state index in [1.54, 1.807) is 12.1 Å². The molecule has 0 atom stereocenters. The maximum absolute atomic E-state index is 9.31. The highest BCUT2D eigenvalue weighted by molar-refractivity contribution is 5.46. The van der Waals surface area contributed by atoms with Crippen molar-refractivity contribution in [1.82, 2.24) is 4.48 Å². The summed E-state index contributed by atoms with van der Waals surface area (Å²) in [6.45, 7) is 4.57. The van der Waals surface area contributed by atoms with Gasteiger partial charge >= 0.3 is 0 Å². The molecule has 0 aromatic heterocycles. The van der Waals surface area contributed by atoms with E-state index in [-0.39, 0.29) is 17.0 Å². The van der Waals surface area contributed by atoms with Gasteiger partial charge in [0.05, 0.1) is 14.1 Å². The van der Waals surface area contributed by atoms with Gasteiger partial charge in [0.2, 0.25) is 0 Å². The molecule has 0 aliphatic rings. The number of benzene rings is 1. The van der Waals surface area contributed by atoms with E-state index in [1.165, 1.54) is 0 Å². The third kappa shape index (κ3) is 3.16. The molecule has 0 unspecified atom stereocenters. The largest absolute Gasteiger partial charge is 1.00 e. The van der Waals surface area contributed by atoms with Gasteiger partial charge in [-0.05, 0) is 18.2 Å². The van der Waals surface area contributed by atoms with Crippen molar-refractivity contribution in [2.24, 2.45) is 0 Å². The van der Waals surface area contributed by atoms with Crippen LogP contribution in [-0.2, 0) is 0 Å². The lowest BCUT2D eigenvalue weighted by Gasteiger charge is -2.27. The summed E-state index contributed by atoms with van der Waals surface area (Å²) >= 11 is 0. The Kier molecular flexibility index (Phi) is 4.88. The zero-order valence-electron chi connectivity index (χ0n) is 8.57. The molecular formula is C11H16BrNO. The van der Waals surface area contributed by atoms with Crippen molar-refractivity contribution < 1.29 is 22.1 Å². The average Bonchev–Trinajstić information content (AvgIpc) is 2.04. The lowest BCUT2D eigenvalue weighted by Crippen LogP contribution is -3.00. The molecule has 0 heterocycles. The van der Waals surface area contributed by atoms with Gasteiger partial charge in [-0.2, -0.15) is 0 Å². The lowest BCUT2D eigenvalue weighted by molar-refractivity contribution is -0.00000393. The Morgan fingerprint density at radius 1 is 1.43 bits per heavy atom. The van der Waals surface area contributed by atoms with Gasteiger partial charge in [-0.1, -0.05) is 12.6 Å². The Bertz CT molecular complexity index is 310. The number of aromatic hydroxyl groups is 1. The van der Waals surface area contributed by atoms with Gasteiger partial charge in [0.1, 0.15) is 18.0 Å². The van der Waals surface area contributed by atoms with Crippen molar-refractivity contribution in [3.05, 3.63) is 36.9 Å². The molecular weight excluding hydrogens is 242 g/mol. The van der Waals surface area contributed by atoms with Crippen LogP contribution in [0.4, 0.5) is 5.69 Å². The Labute approximate surface area is 95.8 Å². The number of hydrogen-bond donors (Lipinski definition) is 1. The van der Waals surface area contributed by atoms with Crippen molar-refractivity contribution in [2.75, 3.05) is 20.6 Å². The Morgan fingerprint density at radius 2 is 2.07 bits per heavy atom. The molecule has 1 N–H and O–H groups in total. The number of likely N-dealkylation sites (N-methyl/N-ethyl adjacent to an activating group) is 1. The van der Waals surface area contributed by atoms with E-state index < -0.39 is 0 Å². The van der Waals surface area contributed by atoms with Gasteiger partial charge < -0.3 is 22.1 Å². The van der Waals surface area contributed by atoms with Gasteiger partial charge in [-0.15, -0.1) is 0 Å². The van der Waals surface area contributed by atoms with Crippen LogP contribution < -0.4 is 21.5 Å². The highest BCUT2D eigenvalue weighted by Gasteiger charge is 2.16. The van der Waals surface area contributed by atoms with Crippen LogP contribution in [0.2, 0.25) is 0 Å². The standard InChI is InChI=1S/C11H15NO.BrH/c1-4-8-12(2,3)10-6-5-7-11(13)9-10;/h4-7,9H,1,8H2,2-3H3;1H. The Morgan fingerprint density at radius 3 is 2.57 bits per heavy atom. The van der Waals surface area contributed by atoms with Crippen LogP contribution in [0.3, 0.4) is 0 Å². The first-order chi connectivity index (χ1) is 6.06. The van der Waals surface area contributed by atoms with E-state index in [1.807, 2.05) is 18.2 Å². The molecule has 0 saturated carbocycles. The second-order valence-corrected chi connectivity index (χ2v) is 3.68. The number of halogens is 1. The van der Waals surface area contributed by atoms with Crippen LogP contribution in [0, 0.1) is 0 Å². The zero-order valence-corrected chi connectivity index (χ0v) is 10.2. The van der Waals surface area contributed by atoms with E-state index >= 15 is 0 Å². The van der Waals surface area contributed by atoms with E-state index in [2.05, 4.69) is 20.7 Å². The number of phenols is 1. The number of phenolic OH excluding ortho intramolecular Hbond substituents is 1. The highest BCUT2D eigenvalue weighted by atomic mass is 79.9. The molecule has 0 fully saturated rings. The Hall–Kier alpha value is -0.800. The minimum atomic E-state index is 0. The molecule has 14 heavy (non-hydrogen) atoms. The molecule has 3 heteroatoms. The smallest absolute Gasteiger partial charge is 0.136 e.